The van der Waals surface area contributed by atoms with Gasteiger partial charge in [0.15, 0.2) is 0 Å². The molecule has 0 amide bonds. The first-order chi connectivity index (χ1) is 19.5. The van der Waals surface area contributed by atoms with Gasteiger partial charge in [0, 0.05) is 0 Å². The summed E-state index contributed by atoms with van der Waals surface area (Å²) in [6.07, 6.45) is 35.6. The monoisotopic (exact) mass is 548 g/mol. The van der Waals surface area contributed by atoms with Crippen LogP contribution in [0.5, 0.6) is 0 Å². The Morgan fingerprint density at radius 1 is 0.550 bits per heavy atom. The predicted octanol–water partition coefficient (Wildman–Crippen LogP) is 10.1. The molecule has 0 aromatic rings. The van der Waals surface area contributed by atoms with E-state index in [9.17, 15) is 0 Å². The van der Waals surface area contributed by atoms with E-state index in [4.69, 9.17) is 9.47 Å². The highest BCUT2D eigenvalue weighted by molar-refractivity contribution is 5.15. The minimum absolute atomic E-state index is 0.454. The average Bonchev–Trinajstić information content (AvgIpc) is 3.87. The van der Waals surface area contributed by atoms with E-state index in [0.29, 0.717) is 29.8 Å². The molecule has 2 saturated heterocycles. The topological polar surface area (TPSA) is 18.5 Å². The summed E-state index contributed by atoms with van der Waals surface area (Å²) < 4.78 is 11.3. The second-order valence-electron chi connectivity index (χ2n) is 14.2. The molecule has 0 spiro atoms. The maximum absolute atomic E-state index is 5.77. The van der Waals surface area contributed by atoms with Crippen LogP contribution < -0.4 is 0 Å². The van der Waals surface area contributed by atoms with E-state index in [1.54, 1.807) is 0 Å². The summed E-state index contributed by atoms with van der Waals surface area (Å²) >= 11 is 0. The first kappa shape index (κ1) is 30.3. The molecule has 12 unspecified atom stereocenters. The van der Waals surface area contributed by atoms with Gasteiger partial charge in [-0.1, -0.05) is 116 Å². The maximum Gasteiger partial charge on any atom is 0.0796 e. The van der Waals surface area contributed by atoms with Crippen LogP contribution in [0.15, 0.2) is 48.6 Å². The summed E-state index contributed by atoms with van der Waals surface area (Å²) in [7, 11) is 0. The van der Waals surface area contributed by atoms with Crippen LogP contribution in [-0.4, -0.2) is 24.4 Å². The van der Waals surface area contributed by atoms with Gasteiger partial charge in [-0.15, -0.1) is 0 Å². The number of ether oxygens (including phenoxy) is 2. The van der Waals surface area contributed by atoms with Crippen molar-refractivity contribution in [1.29, 1.82) is 0 Å². The summed E-state index contributed by atoms with van der Waals surface area (Å²) in [4.78, 5) is 0. The van der Waals surface area contributed by atoms with E-state index >= 15 is 0 Å². The molecule has 2 nitrogen and oxygen atoms in total. The van der Waals surface area contributed by atoms with Crippen LogP contribution in [0.1, 0.15) is 112 Å². The SMILES string of the molecule is CCC1(CC)CC2C=CC1C2.CCC1C2C=CC(O2)C1CC.CCC1CC2C=CC1C2.CCC1CC2C=CC1O2. The van der Waals surface area contributed by atoms with Gasteiger partial charge in [-0.25, -0.2) is 0 Å². The molecule has 0 radical (unpaired) electrons. The molecule has 8 bridgehead atoms. The molecule has 4 aliphatic carbocycles. The Balaban J connectivity index is 0.000000108. The second-order valence-corrected chi connectivity index (χ2v) is 14.2. The third kappa shape index (κ3) is 6.15. The summed E-state index contributed by atoms with van der Waals surface area (Å²) in [5, 5.41) is 0. The Morgan fingerprint density at radius 2 is 1.20 bits per heavy atom. The smallest absolute Gasteiger partial charge is 0.0796 e. The minimum atomic E-state index is 0.454. The summed E-state index contributed by atoms with van der Waals surface area (Å²) in [6, 6.07) is 0. The molecule has 8 aliphatic rings. The molecule has 0 N–H and O–H groups in total. The maximum atomic E-state index is 5.77. The first-order valence-electron chi connectivity index (χ1n) is 17.5. The fourth-order valence-corrected chi connectivity index (χ4v) is 9.78. The summed E-state index contributed by atoms with van der Waals surface area (Å²) in [5.74, 6) is 7.28. The van der Waals surface area contributed by atoms with Gasteiger partial charge in [0.1, 0.15) is 0 Å². The summed E-state index contributed by atoms with van der Waals surface area (Å²) in [6.45, 7) is 13.8. The normalized spacial score (nSPS) is 44.5. The average molecular weight is 549 g/mol. The van der Waals surface area contributed by atoms with Crippen molar-refractivity contribution in [3.63, 3.8) is 0 Å². The number of fused-ring (bicyclic) bond motifs is 8. The Hall–Kier alpha value is -1.12. The third-order valence-corrected chi connectivity index (χ3v) is 12.5. The Morgan fingerprint density at radius 3 is 1.52 bits per heavy atom. The van der Waals surface area contributed by atoms with E-state index in [1.165, 1.54) is 70.6 Å². The predicted molar refractivity (Wildman–Crippen MR) is 169 cm³/mol. The Kier molecular flexibility index (Phi) is 10.2. The zero-order valence-corrected chi connectivity index (χ0v) is 26.6. The van der Waals surface area contributed by atoms with E-state index in [-0.39, 0.29) is 0 Å². The molecule has 12 atom stereocenters. The Bertz CT molecular complexity index is 872. The third-order valence-electron chi connectivity index (χ3n) is 12.5. The molecule has 4 heterocycles. The van der Waals surface area contributed by atoms with E-state index < -0.39 is 0 Å². The van der Waals surface area contributed by atoms with Crippen molar-refractivity contribution in [2.45, 2.75) is 137 Å². The van der Waals surface area contributed by atoms with E-state index in [2.05, 4.69) is 90.2 Å². The zero-order chi connectivity index (χ0) is 28.3. The van der Waals surface area contributed by atoms with Gasteiger partial charge in [0.25, 0.3) is 0 Å². The molecule has 40 heavy (non-hydrogen) atoms. The second kappa shape index (κ2) is 13.5. The fraction of sp³-hybridized carbons (Fsp3) is 0.789. The van der Waals surface area contributed by atoms with Gasteiger partial charge in [0.2, 0.25) is 0 Å². The van der Waals surface area contributed by atoms with Gasteiger partial charge in [0.05, 0.1) is 24.4 Å². The van der Waals surface area contributed by atoms with Gasteiger partial charge < -0.3 is 9.47 Å². The van der Waals surface area contributed by atoms with Crippen LogP contribution in [-0.2, 0) is 9.47 Å². The van der Waals surface area contributed by atoms with Crippen LogP contribution in [0, 0.1) is 52.8 Å². The van der Waals surface area contributed by atoms with Crippen molar-refractivity contribution in [2.24, 2.45) is 52.8 Å². The molecule has 2 saturated carbocycles. The number of allylic oxidation sites excluding steroid dienone is 4. The molecule has 0 aromatic heterocycles. The Labute approximate surface area is 247 Å². The molecule has 4 fully saturated rings. The molecule has 0 aromatic carbocycles. The van der Waals surface area contributed by atoms with Gasteiger partial charge in [-0.05, 0) is 97.7 Å². The highest BCUT2D eigenvalue weighted by atomic mass is 16.5. The van der Waals surface area contributed by atoms with Crippen LogP contribution in [0.2, 0.25) is 0 Å². The van der Waals surface area contributed by atoms with Crippen LogP contribution in [0.4, 0.5) is 0 Å². The van der Waals surface area contributed by atoms with E-state index in [1.807, 2.05) is 0 Å². The lowest BCUT2D eigenvalue weighted by Gasteiger charge is -2.33. The lowest BCUT2D eigenvalue weighted by molar-refractivity contribution is 0.102. The standard InChI is InChI=1S/C11H18.C10H16O.C9H14.C8H12O/c1-3-11(4-2)8-9-5-6-10(11)7-9;1-3-7-8(4-2)10-6-5-9(7)11-10;1-2-8-5-7-3-4-9(8)6-7;1-2-6-5-7-3-4-8(6)9-7/h5-6,9-10H,3-4,7-8H2,1-2H3;5-10H,3-4H2,1-2H3;3-4,7-9H,2,5-6H2,1H3;3-4,6-8H,2,5H2,1H3. The van der Waals surface area contributed by atoms with Gasteiger partial charge in [-0.2, -0.15) is 0 Å². The largest absolute Gasteiger partial charge is 0.367 e. The molecular weight excluding hydrogens is 488 g/mol. The summed E-state index contributed by atoms with van der Waals surface area (Å²) in [5.41, 5.74) is 0.708. The van der Waals surface area contributed by atoms with Crippen molar-refractivity contribution >= 4 is 0 Å². The molecule has 8 rings (SSSR count). The van der Waals surface area contributed by atoms with Crippen LogP contribution in [0.3, 0.4) is 0 Å². The van der Waals surface area contributed by atoms with E-state index in [0.717, 1.165) is 47.3 Å². The van der Waals surface area contributed by atoms with Crippen LogP contribution in [0.25, 0.3) is 0 Å². The van der Waals surface area contributed by atoms with Crippen molar-refractivity contribution in [3.05, 3.63) is 48.6 Å². The van der Waals surface area contributed by atoms with Crippen LogP contribution >= 0.6 is 0 Å². The molecular formula is C38H60O2. The zero-order valence-electron chi connectivity index (χ0n) is 26.6. The number of hydrogen-bond donors (Lipinski definition) is 0. The number of rotatable bonds is 6. The highest BCUT2D eigenvalue weighted by Crippen LogP contribution is 2.55. The molecule has 4 aliphatic heterocycles. The number of hydrogen-bond acceptors (Lipinski definition) is 2. The minimum Gasteiger partial charge on any atom is -0.367 e. The molecule has 2 heteroatoms. The van der Waals surface area contributed by atoms with Gasteiger partial charge in [-0.3, -0.25) is 0 Å². The first-order valence-corrected chi connectivity index (χ1v) is 17.5. The lowest BCUT2D eigenvalue weighted by atomic mass is 9.72. The quantitative estimate of drug-likeness (QED) is 0.307. The van der Waals surface area contributed by atoms with Crippen molar-refractivity contribution in [2.75, 3.05) is 0 Å². The molecule has 224 valence electrons. The van der Waals surface area contributed by atoms with Crippen molar-refractivity contribution < 1.29 is 9.47 Å². The van der Waals surface area contributed by atoms with Crippen molar-refractivity contribution in [1.82, 2.24) is 0 Å². The fourth-order valence-electron chi connectivity index (χ4n) is 9.78. The lowest BCUT2D eigenvalue weighted by Crippen LogP contribution is -2.23. The van der Waals surface area contributed by atoms with Gasteiger partial charge >= 0.3 is 0 Å². The highest BCUT2D eigenvalue weighted by Gasteiger charge is 2.45. The van der Waals surface area contributed by atoms with Crippen molar-refractivity contribution in [3.8, 4) is 0 Å².